The molecule has 0 radical (unpaired) electrons. The van der Waals surface area contributed by atoms with Gasteiger partial charge in [-0.1, -0.05) is 6.92 Å². The fraction of sp³-hybridized carbons (Fsp3) is 0.467. The van der Waals surface area contributed by atoms with Gasteiger partial charge in [-0.3, -0.25) is 9.59 Å². The van der Waals surface area contributed by atoms with Gasteiger partial charge in [0.2, 0.25) is 11.8 Å². The number of carbonyl (C=O) groups is 2. The molecule has 1 fully saturated rings. The Bertz CT molecular complexity index is 501. The van der Waals surface area contributed by atoms with Crippen molar-refractivity contribution in [3.63, 3.8) is 0 Å². The van der Waals surface area contributed by atoms with E-state index in [0.29, 0.717) is 11.7 Å². The number of primary amides is 1. The number of nitrogens with one attached hydrogen (secondary N) is 2. The van der Waals surface area contributed by atoms with Gasteiger partial charge >= 0.3 is 0 Å². The molecule has 0 saturated carbocycles. The van der Waals surface area contributed by atoms with Crippen LogP contribution >= 0.6 is 0 Å². The molecule has 1 aliphatic rings. The van der Waals surface area contributed by atoms with Gasteiger partial charge in [-0.05, 0) is 36.7 Å². The maximum Gasteiger partial charge on any atom is 0.229 e. The molecule has 1 aromatic rings. The molecule has 1 aliphatic heterocycles. The molecular formula is C15H21N3O3. The van der Waals surface area contributed by atoms with Gasteiger partial charge in [0.1, 0.15) is 5.75 Å². The van der Waals surface area contributed by atoms with Crippen molar-refractivity contribution in [1.29, 1.82) is 0 Å². The maximum absolute atomic E-state index is 12.1. The molecular weight excluding hydrogens is 270 g/mol. The maximum atomic E-state index is 12.1. The molecule has 0 spiro atoms. The molecule has 0 unspecified atom stereocenters. The molecule has 2 rings (SSSR count). The molecule has 6 heteroatoms. The number of nitrogens with two attached hydrogens (primary N) is 1. The first-order valence-electron chi connectivity index (χ1n) is 7.09. The van der Waals surface area contributed by atoms with E-state index in [-0.39, 0.29) is 24.9 Å². The van der Waals surface area contributed by atoms with Crippen LogP contribution in [-0.4, -0.2) is 31.5 Å². The first-order chi connectivity index (χ1) is 10.1. The molecule has 4 N–H and O–H groups in total. The summed E-state index contributed by atoms with van der Waals surface area (Å²) in [7, 11) is 0. The Kier molecular flexibility index (Phi) is 5.16. The van der Waals surface area contributed by atoms with Gasteiger partial charge in [0, 0.05) is 12.2 Å². The lowest BCUT2D eigenvalue weighted by Crippen LogP contribution is -2.27. The molecule has 1 aromatic carbocycles. The summed E-state index contributed by atoms with van der Waals surface area (Å²) in [6, 6.07) is 7.08. The highest BCUT2D eigenvalue weighted by atomic mass is 16.5. The molecule has 21 heavy (non-hydrogen) atoms. The molecule has 1 saturated heterocycles. The first-order valence-corrected chi connectivity index (χ1v) is 7.09. The quantitative estimate of drug-likeness (QED) is 0.720. The number of ether oxygens (including phenoxy) is 1. The number of anilines is 1. The minimum absolute atomic E-state index is 0.0106. The zero-order valence-corrected chi connectivity index (χ0v) is 12.1. The van der Waals surface area contributed by atoms with Crippen LogP contribution in [0.3, 0.4) is 0 Å². The van der Waals surface area contributed by atoms with E-state index in [4.69, 9.17) is 10.5 Å². The van der Waals surface area contributed by atoms with Crippen LogP contribution in [0.25, 0.3) is 0 Å². The molecule has 0 aliphatic carbocycles. The molecule has 114 valence electrons. The Morgan fingerprint density at radius 2 is 2.05 bits per heavy atom. The van der Waals surface area contributed by atoms with Crippen molar-refractivity contribution in [2.75, 3.05) is 25.0 Å². The van der Waals surface area contributed by atoms with Gasteiger partial charge in [0.15, 0.2) is 0 Å². The monoisotopic (exact) mass is 291 g/mol. The number of hydrogen-bond acceptors (Lipinski definition) is 4. The molecule has 2 atom stereocenters. The Hall–Kier alpha value is -2.08. The van der Waals surface area contributed by atoms with Crippen LogP contribution in [0.4, 0.5) is 5.69 Å². The third kappa shape index (κ3) is 4.46. The van der Waals surface area contributed by atoms with E-state index in [1.807, 2.05) is 0 Å². The number of hydrogen-bond donors (Lipinski definition) is 3. The lowest BCUT2D eigenvalue weighted by Gasteiger charge is -2.14. The Morgan fingerprint density at radius 1 is 1.33 bits per heavy atom. The normalized spacial score (nSPS) is 21.0. The highest BCUT2D eigenvalue weighted by molar-refractivity contribution is 5.93. The molecule has 0 bridgehead atoms. The van der Waals surface area contributed by atoms with Crippen molar-refractivity contribution in [2.24, 2.45) is 17.6 Å². The van der Waals surface area contributed by atoms with Gasteiger partial charge in [-0.2, -0.15) is 0 Å². The van der Waals surface area contributed by atoms with E-state index in [9.17, 15) is 9.59 Å². The summed E-state index contributed by atoms with van der Waals surface area (Å²) in [5.74, 6) is 0.649. The predicted octanol–water partition coefficient (Wildman–Crippen LogP) is 0.735. The summed E-state index contributed by atoms with van der Waals surface area (Å²) in [5.41, 5.74) is 5.77. The Balaban J connectivity index is 1.84. The van der Waals surface area contributed by atoms with Gasteiger partial charge in [-0.15, -0.1) is 0 Å². The van der Waals surface area contributed by atoms with Gasteiger partial charge < -0.3 is 21.1 Å². The average Bonchev–Trinajstić information content (AvgIpc) is 2.87. The third-order valence-corrected chi connectivity index (χ3v) is 3.59. The van der Waals surface area contributed by atoms with Crippen molar-refractivity contribution < 1.29 is 14.3 Å². The highest BCUT2D eigenvalue weighted by Gasteiger charge is 2.29. The summed E-state index contributed by atoms with van der Waals surface area (Å²) in [6.45, 7) is 3.93. The minimum atomic E-state index is -0.391. The van der Waals surface area contributed by atoms with E-state index < -0.39 is 5.91 Å². The lowest BCUT2D eigenvalue weighted by atomic mass is 9.97. The SMILES string of the molecule is C[C@@H]1CNC[C@H]1C(=O)Nc1ccc(OCCC(N)=O)cc1. The molecule has 0 aromatic heterocycles. The van der Waals surface area contributed by atoms with E-state index in [0.717, 1.165) is 18.8 Å². The largest absolute Gasteiger partial charge is 0.493 e. The second-order valence-electron chi connectivity index (χ2n) is 5.32. The summed E-state index contributed by atoms with van der Waals surface area (Å²) >= 11 is 0. The predicted molar refractivity (Wildman–Crippen MR) is 79.9 cm³/mol. The standard InChI is InChI=1S/C15H21N3O3/c1-10-8-17-9-13(10)15(20)18-11-2-4-12(5-3-11)21-7-6-14(16)19/h2-5,10,13,17H,6-9H2,1H3,(H2,16,19)(H,18,20)/t10-,13-/m1/s1. The van der Waals surface area contributed by atoms with Crippen LogP contribution in [0.15, 0.2) is 24.3 Å². The summed E-state index contributed by atoms with van der Waals surface area (Å²) in [4.78, 5) is 22.7. The van der Waals surface area contributed by atoms with Crippen LogP contribution in [0.2, 0.25) is 0 Å². The van der Waals surface area contributed by atoms with Crippen molar-refractivity contribution in [2.45, 2.75) is 13.3 Å². The van der Waals surface area contributed by atoms with Crippen molar-refractivity contribution in [1.82, 2.24) is 5.32 Å². The van der Waals surface area contributed by atoms with Crippen molar-refractivity contribution in [3.8, 4) is 5.75 Å². The fourth-order valence-electron chi connectivity index (χ4n) is 2.30. The molecule has 2 amide bonds. The zero-order valence-electron chi connectivity index (χ0n) is 12.1. The topological polar surface area (TPSA) is 93.4 Å². The van der Waals surface area contributed by atoms with Crippen LogP contribution < -0.4 is 21.1 Å². The molecule has 6 nitrogen and oxygen atoms in total. The second kappa shape index (κ2) is 7.08. The van der Waals surface area contributed by atoms with Crippen molar-refractivity contribution in [3.05, 3.63) is 24.3 Å². The summed E-state index contributed by atoms with van der Waals surface area (Å²) in [5, 5.41) is 6.12. The highest BCUT2D eigenvalue weighted by Crippen LogP contribution is 2.20. The smallest absolute Gasteiger partial charge is 0.229 e. The fourth-order valence-corrected chi connectivity index (χ4v) is 2.30. The average molecular weight is 291 g/mol. The van der Waals surface area contributed by atoms with Gasteiger partial charge in [0.05, 0.1) is 18.9 Å². The van der Waals surface area contributed by atoms with Crippen LogP contribution in [0.5, 0.6) is 5.75 Å². The van der Waals surface area contributed by atoms with E-state index in [2.05, 4.69) is 17.6 Å². The number of amides is 2. The number of carbonyl (C=O) groups excluding carboxylic acids is 2. The van der Waals surface area contributed by atoms with Crippen LogP contribution in [-0.2, 0) is 9.59 Å². The van der Waals surface area contributed by atoms with Gasteiger partial charge in [-0.25, -0.2) is 0 Å². The molecule has 1 heterocycles. The van der Waals surface area contributed by atoms with E-state index in [1.165, 1.54) is 0 Å². The summed E-state index contributed by atoms with van der Waals surface area (Å²) in [6.07, 6.45) is 0.186. The lowest BCUT2D eigenvalue weighted by molar-refractivity contribution is -0.120. The van der Waals surface area contributed by atoms with Crippen molar-refractivity contribution >= 4 is 17.5 Å². The second-order valence-corrected chi connectivity index (χ2v) is 5.32. The summed E-state index contributed by atoms with van der Waals surface area (Å²) < 4.78 is 5.37. The minimum Gasteiger partial charge on any atom is -0.493 e. The Morgan fingerprint density at radius 3 is 2.62 bits per heavy atom. The van der Waals surface area contributed by atoms with Gasteiger partial charge in [0.25, 0.3) is 0 Å². The van der Waals surface area contributed by atoms with E-state index >= 15 is 0 Å². The third-order valence-electron chi connectivity index (χ3n) is 3.59. The van der Waals surface area contributed by atoms with E-state index in [1.54, 1.807) is 24.3 Å². The number of benzene rings is 1. The van der Waals surface area contributed by atoms with Crippen LogP contribution in [0, 0.1) is 11.8 Å². The van der Waals surface area contributed by atoms with Crippen LogP contribution in [0.1, 0.15) is 13.3 Å². The Labute approximate surface area is 124 Å². The first kappa shape index (κ1) is 15.3. The number of rotatable bonds is 6. The zero-order chi connectivity index (χ0) is 15.2.